The van der Waals surface area contributed by atoms with Crippen LogP contribution >= 0.6 is 0 Å². The second-order valence-corrected chi connectivity index (χ2v) is 7.19. The van der Waals surface area contributed by atoms with Crippen LogP contribution in [0.4, 0.5) is 5.69 Å². The summed E-state index contributed by atoms with van der Waals surface area (Å²) >= 11 is 0. The van der Waals surface area contributed by atoms with E-state index in [1.165, 1.54) is 19.2 Å². The van der Waals surface area contributed by atoms with Gasteiger partial charge in [0.15, 0.2) is 9.84 Å². The topological polar surface area (TPSA) is 89.5 Å². The number of hydrogen-bond acceptors (Lipinski definition) is 5. The molecule has 0 aromatic heterocycles. The van der Waals surface area contributed by atoms with Gasteiger partial charge in [0, 0.05) is 6.26 Å². The number of esters is 1. The smallest absolute Gasteiger partial charge is 0.339 e. The van der Waals surface area contributed by atoms with Crippen molar-refractivity contribution in [3.8, 4) is 0 Å². The third-order valence-corrected chi connectivity index (χ3v) is 4.45. The molecular formula is C17H17NO5S. The van der Waals surface area contributed by atoms with E-state index in [2.05, 4.69) is 10.1 Å². The van der Waals surface area contributed by atoms with E-state index in [4.69, 9.17) is 0 Å². The number of carbonyl (C=O) groups excluding carboxylic acids is 2. The quantitative estimate of drug-likeness (QED) is 0.836. The third-order valence-electron chi connectivity index (χ3n) is 3.32. The maximum absolute atomic E-state index is 12.1. The first-order valence-electron chi connectivity index (χ1n) is 7.07. The van der Waals surface area contributed by atoms with Crippen molar-refractivity contribution in [2.75, 3.05) is 18.7 Å². The van der Waals surface area contributed by atoms with Gasteiger partial charge in [-0.2, -0.15) is 0 Å². The summed E-state index contributed by atoms with van der Waals surface area (Å²) in [5.41, 5.74) is 1.29. The first kappa shape index (κ1) is 17.7. The maximum Gasteiger partial charge on any atom is 0.339 e. The van der Waals surface area contributed by atoms with Gasteiger partial charge in [0.25, 0.3) is 0 Å². The SMILES string of the molecule is COC(=O)c1ccccc1NC(=O)Cc1ccc(S(C)(=O)=O)cc1. The van der Waals surface area contributed by atoms with Gasteiger partial charge in [-0.05, 0) is 29.8 Å². The highest BCUT2D eigenvalue weighted by Crippen LogP contribution is 2.17. The molecule has 0 saturated carbocycles. The minimum Gasteiger partial charge on any atom is -0.465 e. The minimum atomic E-state index is -3.27. The standard InChI is InChI=1S/C17H17NO5S/c1-23-17(20)14-5-3-4-6-15(14)18-16(19)11-12-7-9-13(10-8-12)24(2,21)22/h3-10H,11H2,1-2H3,(H,18,19). The molecule has 1 N–H and O–H groups in total. The van der Waals surface area contributed by atoms with Crippen LogP contribution in [0, 0.1) is 0 Å². The number of anilines is 1. The lowest BCUT2D eigenvalue weighted by molar-refractivity contribution is -0.115. The predicted octanol–water partition coefficient (Wildman–Crippen LogP) is 2.06. The van der Waals surface area contributed by atoms with Crippen LogP contribution in [-0.4, -0.2) is 33.7 Å². The predicted molar refractivity (Wildman–Crippen MR) is 89.7 cm³/mol. The summed E-state index contributed by atoms with van der Waals surface area (Å²) in [6.07, 6.45) is 1.18. The molecule has 0 heterocycles. The van der Waals surface area contributed by atoms with Crippen molar-refractivity contribution in [1.29, 1.82) is 0 Å². The van der Waals surface area contributed by atoms with Crippen molar-refractivity contribution in [3.63, 3.8) is 0 Å². The zero-order valence-corrected chi connectivity index (χ0v) is 14.1. The monoisotopic (exact) mass is 347 g/mol. The molecule has 0 aliphatic carbocycles. The summed E-state index contributed by atoms with van der Waals surface area (Å²) in [6.45, 7) is 0. The lowest BCUT2D eigenvalue weighted by atomic mass is 10.1. The Morgan fingerprint density at radius 3 is 2.25 bits per heavy atom. The first-order chi connectivity index (χ1) is 11.3. The molecule has 126 valence electrons. The summed E-state index contributed by atoms with van der Waals surface area (Å²) in [7, 11) is -2.00. The molecule has 2 rings (SSSR count). The van der Waals surface area contributed by atoms with Crippen molar-refractivity contribution in [2.24, 2.45) is 0 Å². The second-order valence-electron chi connectivity index (χ2n) is 5.18. The number of ether oxygens (including phenoxy) is 1. The number of methoxy groups -OCH3 is 1. The van der Waals surface area contributed by atoms with Crippen LogP contribution in [0.2, 0.25) is 0 Å². The third kappa shape index (κ3) is 4.42. The molecule has 0 spiro atoms. The molecule has 0 saturated heterocycles. The minimum absolute atomic E-state index is 0.0551. The fraction of sp³-hybridized carbons (Fsp3) is 0.176. The molecule has 0 fully saturated rings. The van der Waals surface area contributed by atoms with Crippen molar-refractivity contribution in [2.45, 2.75) is 11.3 Å². The van der Waals surface area contributed by atoms with E-state index in [9.17, 15) is 18.0 Å². The average Bonchev–Trinajstić information content (AvgIpc) is 2.54. The molecule has 2 aromatic rings. The number of sulfone groups is 1. The van der Waals surface area contributed by atoms with Crippen molar-refractivity contribution in [3.05, 3.63) is 59.7 Å². The van der Waals surface area contributed by atoms with Crippen LogP contribution < -0.4 is 5.32 Å². The largest absolute Gasteiger partial charge is 0.465 e. The Balaban J connectivity index is 2.10. The van der Waals surface area contributed by atoms with E-state index in [1.54, 1.807) is 36.4 Å². The van der Waals surface area contributed by atoms with Gasteiger partial charge in [-0.1, -0.05) is 24.3 Å². The molecule has 0 radical (unpaired) electrons. The Kier molecular flexibility index (Phi) is 5.35. The Hall–Kier alpha value is -2.67. The van der Waals surface area contributed by atoms with Crippen LogP contribution in [0.5, 0.6) is 0 Å². The Bertz CT molecular complexity index is 857. The molecule has 0 aliphatic heterocycles. The number of carbonyl (C=O) groups is 2. The summed E-state index contributed by atoms with van der Waals surface area (Å²) < 4.78 is 27.5. The van der Waals surface area contributed by atoms with E-state index in [1.807, 2.05) is 0 Å². The van der Waals surface area contributed by atoms with Crippen molar-refractivity contribution < 1.29 is 22.7 Å². The summed E-state index contributed by atoms with van der Waals surface area (Å²) in [4.78, 5) is 24.0. The molecule has 0 bridgehead atoms. The number of nitrogens with one attached hydrogen (secondary N) is 1. The van der Waals surface area contributed by atoms with E-state index < -0.39 is 15.8 Å². The van der Waals surface area contributed by atoms with Gasteiger partial charge in [-0.15, -0.1) is 0 Å². The molecule has 1 amide bonds. The number of rotatable bonds is 5. The summed E-state index contributed by atoms with van der Waals surface area (Å²) in [6, 6.07) is 12.6. The highest BCUT2D eigenvalue weighted by atomic mass is 32.2. The van der Waals surface area contributed by atoms with E-state index >= 15 is 0 Å². The van der Waals surface area contributed by atoms with E-state index in [0.29, 0.717) is 11.3 Å². The van der Waals surface area contributed by atoms with Gasteiger partial charge in [0.2, 0.25) is 5.91 Å². The van der Waals surface area contributed by atoms with E-state index in [0.717, 1.165) is 6.26 Å². The highest BCUT2D eigenvalue weighted by molar-refractivity contribution is 7.90. The number of hydrogen-bond donors (Lipinski definition) is 1. The average molecular weight is 347 g/mol. The van der Waals surface area contributed by atoms with Crippen molar-refractivity contribution >= 4 is 27.4 Å². The maximum atomic E-state index is 12.1. The number of amides is 1. The molecular weight excluding hydrogens is 330 g/mol. The lowest BCUT2D eigenvalue weighted by Crippen LogP contribution is -2.17. The molecule has 0 aliphatic rings. The Labute approximate surface area is 140 Å². The fourth-order valence-electron chi connectivity index (χ4n) is 2.11. The number of benzene rings is 2. The molecule has 0 unspecified atom stereocenters. The van der Waals surface area contributed by atoms with Crippen molar-refractivity contribution in [1.82, 2.24) is 0 Å². The first-order valence-corrected chi connectivity index (χ1v) is 8.96. The van der Waals surface area contributed by atoms with Crippen LogP contribution in [0.1, 0.15) is 15.9 Å². The lowest BCUT2D eigenvalue weighted by Gasteiger charge is -2.09. The molecule has 6 nitrogen and oxygen atoms in total. The van der Waals surface area contributed by atoms with Gasteiger partial charge >= 0.3 is 5.97 Å². The van der Waals surface area contributed by atoms with E-state index in [-0.39, 0.29) is 22.8 Å². The van der Waals surface area contributed by atoms with Gasteiger partial charge < -0.3 is 10.1 Å². The molecule has 0 atom stereocenters. The second kappa shape index (κ2) is 7.27. The Morgan fingerprint density at radius 2 is 1.67 bits per heavy atom. The van der Waals surface area contributed by atoms with Gasteiger partial charge in [0.1, 0.15) is 0 Å². The summed E-state index contributed by atoms with van der Waals surface area (Å²) in [5.74, 6) is -0.859. The fourth-order valence-corrected chi connectivity index (χ4v) is 2.74. The van der Waals surface area contributed by atoms with Crippen LogP contribution in [0.15, 0.2) is 53.4 Å². The summed E-state index contributed by atoms with van der Waals surface area (Å²) in [5, 5.41) is 2.66. The zero-order valence-electron chi connectivity index (χ0n) is 13.3. The zero-order chi connectivity index (χ0) is 17.7. The van der Waals surface area contributed by atoms with Crippen LogP contribution in [0.3, 0.4) is 0 Å². The molecule has 2 aromatic carbocycles. The van der Waals surface area contributed by atoms with Gasteiger partial charge in [-0.3, -0.25) is 4.79 Å². The molecule has 7 heteroatoms. The van der Waals surface area contributed by atoms with Crippen LogP contribution in [0.25, 0.3) is 0 Å². The normalized spacial score (nSPS) is 10.9. The molecule has 24 heavy (non-hydrogen) atoms. The Morgan fingerprint density at radius 1 is 1.04 bits per heavy atom. The highest BCUT2D eigenvalue weighted by Gasteiger charge is 2.14. The van der Waals surface area contributed by atoms with Gasteiger partial charge in [-0.25, -0.2) is 13.2 Å². The number of para-hydroxylation sites is 1. The van der Waals surface area contributed by atoms with Gasteiger partial charge in [0.05, 0.1) is 29.7 Å². The van der Waals surface area contributed by atoms with Crippen LogP contribution in [-0.2, 0) is 25.8 Å².